The van der Waals surface area contributed by atoms with Crippen LogP contribution >= 0.6 is 0 Å². The third kappa shape index (κ3) is 4.18. The number of aryl methyl sites for hydroxylation is 1. The zero-order valence-corrected chi connectivity index (χ0v) is 14.6. The molecule has 0 saturated carbocycles. The molecule has 2 aromatic rings. The van der Waals surface area contributed by atoms with Crippen molar-refractivity contribution < 1.29 is 14.3 Å². The largest absolute Gasteiger partial charge is 0.423 e. The minimum atomic E-state index is -0.358. The lowest BCUT2D eigenvalue weighted by Crippen LogP contribution is -2.48. The number of amides is 1. The van der Waals surface area contributed by atoms with E-state index < -0.39 is 0 Å². The van der Waals surface area contributed by atoms with Gasteiger partial charge in [-0.3, -0.25) is 4.79 Å². The van der Waals surface area contributed by atoms with E-state index in [1.807, 2.05) is 36.1 Å². The molecule has 0 aromatic heterocycles. The number of hydrogen-bond donors (Lipinski definition) is 0. The Kier molecular flexibility index (Phi) is 5.03. The fraction of sp³-hybridized carbons (Fsp3) is 0.300. The number of ether oxygens (including phenoxy) is 1. The second-order valence-electron chi connectivity index (χ2n) is 6.24. The Bertz CT molecular complexity index is 746. The first kappa shape index (κ1) is 17.0. The van der Waals surface area contributed by atoms with Gasteiger partial charge in [0.1, 0.15) is 5.75 Å². The molecule has 1 saturated heterocycles. The van der Waals surface area contributed by atoms with Crippen molar-refractivity contribution in [2.75, 3.05) is 31.1 Å². The van der Waals surface area contributed by atoms with Gasteiger partial charge in [0.25, 0.3) is 0 Å². The highest BCUT2D eigenvalue weighted by Crippen LogP contribution is 2.21. The van der Waals surface area contributed by atoms with Crippen molar-refractivity contribution in [3.8, 4) is 5.75 Å². The van der Waals surface area contributed by atoms with Gasteiger partial charge >= 0.3 is 5.97 Å². The smallest absolute Gasteiger partial charge is 0.343 e. The molecule has 5 nitrogen and oxygen atoms in total. The second kappa shape index (κ2) is 7.38. The molecular formula is C20H22N2O3. The van der Waals surface area contributed by atoms with Gasteiger partial charge in [-0.1, -0.05) is 17.7 Å². The lowest BCUT2D eigenvalue weighted by atomic mass is 10.1. The molecule has 0 bridgehead atoms. The number of anilines is 1. The number of esters is 1. The van der Waals surface area contributed by atoms with Crippen LogP contribution in [0.2, 0.25) is 0 Å². The Balaban J connectivity index is 1.60. The summed E-state index contributed by atoms with van der Waals surface area (Å²) in [6.07, 6.45) is 0. The number of nitrogens with zero attached hydrogens (tertiary/aromatic N) is 2. The minimum Gasteiger partial charge on any atom is -0.423 e. The summed E-state index contributed by atoms with van der Waals surface area (Å²) in [5.41, 5.74) is 2.71. The van der Waals surface area contributed by atoms with Gasteiger partial charge in [-0.25, -0.2) is 4.79 Å². The Morgan fingerprint density at radius 3 is 2.04 bits per heavy atom. The monoisotopic (exact) mass is 338 g/mol. The fourth-order valence-electron chi connectivity index (χ4n) is 2.86. The van der Waals surface area contributed by atoms with Crippen molar-refractivity contribution in [1.29, 1.82) is 0 Å². The normalized spacial score (nSPS) is 14.3. The third-order valence-corrected chi connectivity index (χ3v) is 4.42. The lowest BCUT2D eigenvalue weighted by Gasteiger charge is -2.35. The predicted molar refractivity (Wildman–Crippen MR) is 97.0 cm³/mol. The van der Waals surface area contributed by atoms with E-state index in [1.165, 1.54) is 0 Å². The first-order chi connectivity index (χ1) is 12.0. The van der Waals surface area contributed by atoms with Crippen LogP contribution in [0.5, 0.6) is 5.75 Å². The van der Waals surface area contributed by atoms with E-state index >= 15 is 0 Å². The van der Waals surface area contributed by atoms with Crippen LogP contribution in [0.15, 0.2) is 48.5 Å². The van der Waals surface area contributed by atoms with Crippen LogP contribution in [0.1, 0.15) is 22.8 Å². The summed E-state index contributed by atoms with van der Waals surface area (Å²) in [5, 5.41) is 0. The van der Waals surface area contributed by atoms with E-state index in [1.54, 1.807) is 31.2 Å². The maximum absolute atomic E-state index is 12.1. The van der Waals surface area contributed by atoms with E-state index in [4.69, 9.17) is 4.74 Å². The number of carbonyl (C=O) groups is 2. The minimum absolute atomic E-state index is 0.123. The first-order valence-electron chi connectivity index (χ1n) is 8.42. The summed E-state index contributed by atoms with van der Waals surface area (Å²) < 4.78 is 5.42. The molecule has 5 heteroatoms. The molecule has 2 aromatic carbocycles. The molecule has 0 unspecified atom stereocenters. The molecule has 1 aliphatic heterocycles. The van der Waals surface area contributed by atoms with Crippen LogP contribution in [0.25, 0.3) is 0 Å². The van der Waals surface area contributed by atoms with E-state index in [2.05, 4.69) is 4.90 Å². The highest BCUT2D eigenvalue weighted by molar-refractivity contribution is 5.91. The van der Waals surface area contributed by atoms with Crippen LogP contribution in [0.3, 0.4) is 0 Å². The SMILES string of the molecule is CC(=O)N1CCN(c2ccc(OC(=O)c3ccc(C)cc3)cc2)CC1. The Labute approximate surface area is 147 Å². The Hall–Kier alpha value is -2.82. The highest BCUT2D eigenvalue weighted by Gasteiger charge is 2.18. The van der Waals surface area contributed by atoms with Gasteiger partial charge in [-0.15, -0.1) is 0 Å². The van der Waals surface area contributed by atoms with Crippen molar-refractivity contribution >= 4 is 17.6 Å². The third-order valence-electron chi connectivity index (χ3n) is 4.42. The van der Waals surface area contributed by atoms with Gasteiger partial charge in [0.05, 0.1) is 5.56 Å². The Morgan fingerprint density at radius 1 is 0.880 bits per heavy atom. The maximum atomic E-state index is 12.1. The summed E-state index contributed by atoms with van der Waals surface area (Å²) in [4.78, 5) is 27.6. The standard InChI is InChI=1S/C20H22N2O3/c1-15-3-5-17(6-4-15)20(24)25-19-9-7-18(8-10-19)22-13-11-21(12-14-22)16(2)23/h3-10H,11-14H2,1-2H3. The number of benzene rings is 2. The van der Waals surface area contributed by atoms with Crippen LogP contribution in [-0.4, -0.2) is 43.0 Å². The molecule has 0 aliphatic carbocycles. The summed E-state index contributed by atoms with van der Waals surface area (Å²) in [6.45, 7) is 6.67. The molecule has 0 radical (unpaired) electrons. The van der Waals surface area contributed by atoms with E-state index in [0.29, 0.717) is 11.3 Å². The second-order valence-corrected chi connectivity index (χ2v) is 6.24. The molecule has 1 fully saturated rings. The fourth-order valence-corrected chi connectivity index (χ4v) is 2.86. The van der Waals surface area contributed by atoms with Crippen LogP contribution in [0, 0.1) is 6.92 Å². The topological polar surface area (TPSA) is 49.9 Å². The lowest BCUT2D eigenvalue weighted by molar-refractivity contribution is -0.129. The number of hydrogen-bond acceptors (Lipinski definition) is 4. The maximum Gasteiger partial charge on any atom is 0.343 e. The molecule has 3 rings (SSSR count). The van der Waals surface area contributed by atoms with Crippen molar-refractivity contribution in [2.24, 2.45) is 0 Å². The summed E-state index contributed by atoms with van der Waals surface area (Å²) in [5.74, 6) is 0.289. The molecule has 1 heterocycles. The molecule has 25 heavy (non-hydrogen) atoms. The first-order valence-corrected chi connectivity index (χ1v) is 8.42. The number of piperazine rings is 1. The van der Waals surface area contributed by atoms with E-state index in [-0.39, 0.29) is 11.9 Å². The zero-order valence-electron chi connectivity index (χ0n) is 14.6. The van der Waals surface area contributed by atoms with Crippen molar-refractivity contribution in [2.45, 2.75) is 13.8 Å². The predicted octanol–water partition coefficient (Wildman–Crippen LogP) is 2.88. The van der Waals surface area contributed by atoms with Gasteiger partial charge in [-0.2, -0.15) is 0 Å². The number of carbonyl (C=O) groups excluding carboxylic acids is 2. The summed E-state index contributed by atoms with van der Waals surface area (Å²) >= 11 is 0. The molecule has 130 valence electrons. The van der Waals surface area contributed by atoms with Gasteiger partial charge in [0, 0.05) is 38.8 Å². The van der Waals surface area contributed by atoms with Gasteiger partial charge in [0.15, 0.2) is 0 Å². The number of rotatable bonds is 3. The molecule has 1 amide bonds. The quantitative estimate of drug-likeness (QED) is 0.638. The van der Waals surface area contributed by atoms with Gasteiger partial charge in [0.2, 0.25) is 5.91 Å². The van der Waals surface area contributed by atoms with Crippen LogP contribution in [-0.2, 0) is 4.79 Å². The molecule has 1 aliphatic rings. The Morgan fingerprint density at radius 2 is 1.48 bits per heavy atom. The van der Waals surface area contributed by atoms with Crippen LogP contribution in [0.4, 0.5) is 5.69 Å². The summed E-state index contributed by atoms with van der Waals surface area (Å²) in [7, 11) is 0. The highest BCUT2D eigenvalue weighted by atomic mass is 16.5. The average molecular weight is 338 g/mol. The molecule has 0 atom stereocenters. The zero-order chi connectivity index (χ0) is 17.8. The van der Waals surface area contributed by atoms with E-state index in [9.17, 15) is 9.59 Å². The van der Waals surface area contributed by atoms with Gasteiger partial charge in [-0.05, 0) is 43.3 Å². The van der Waals surface area contributed by atoms with Crippen molar-refractivity contribution in [1.82, 2.24) is 4.90 Å². The van der Waals surface area contributed by atoms with Gasteiger partial charge < -0.3 is 14.5 Å². The van der Waals surface area contributed by atoms with Crippen molar-refractivity contribution in [3.05, 3.63) is 59.7 Å². The molecule has 0 N–H and O–H groups in total. The average Bonchev–Trinajstić information content (AvgIpc) is 2.63. The van der Waals surface area contributed by atoms with Crippen LogP contribution < -0.4 is 9.64 Å². The molecule has 0 spiro atoms. The summed E-state index contributed by atoms with van der Waals surface area (Å²) in [6, 6.07) is 14.8. The molecular weight excluding hydrogens is 316 g/mol. The van der Waals surface area contributed by atoms with Crippen molar-refractivity contribution in [3.63, 3.8) is 0 Å². The van der Waals surface area contributed by atoms with E-state index in [0.717, 1.165) is 37.4 Å².